The van der Waals surface area contributed by atoms with Crippen LogP contribution in [0.3, 0.4) is 0 Å². The van der Waals surface area contributed by atoms with E-state index >= 15 is 0 Å². The van der Waals surface area contributed by atoms with E-state index in [1.807, 2.05) is 4.90 Å². The van der Waals surface area contributed by atoms with Crippen LogP contribution in [0.25, 0.3) is 0 Å². The van der Waals surface area contributed by atoms with Crippen molar-refractivity contribution in [2.45, 2.75) is 12.5 Å². The van der Waals surface area contributed by atoms with Crippen molar-refractivity contribution in [1.82, 2.24) is 15.5 Å². The molecule has 2 N–H and O–H groups in total. The Morgan fingerprint density at radius 2 is 2.25 bits per heavy atom. The molecule has 70 valence electrons. The van der Waals surface area contributed by atoms with Gasteiger partial charge in [0.1, 0.15) is 0 Å². The van der Waals surface area contributed by atoms with Crippen LogP contribution in [0.4, 0.5) is 4.79 Å². The molecular formula is C7H14ClN3O. The fourth-order valence-corrected chi connectivity index (χ4v) is 1.74. The third kappa shape index (κ3) is 1.64. The van der Waals surface area contributed by atoms with Crippen LogP contribution in [0.2, 0.25) is 0 Å². The summed E-state index contributed by atoms with van der Waals surface area (Å²) in [5, 5.41) is 6.05. The fraction of sp³-hybridized carbons (Fsp3) is 0.857. The molecule has 4 nitrogen and oxygen atoms in total. The molecule has 2 aliphatic heterocycles. The van der Waals surface area contributed by atoms with Crippen molar-refractivity contribution in [2.75, 3.05) is 26.2 Å². The van der Waals surface area contributed by atoms with E-state index in [1.165, 1.54) is 0 Å². The number of amides is 2. The monoisotopic (exact) mass is 191 g/mol. The van der Waals surface area contributed by atoms with Crippen molar-refractivity contribution in [3.8, 4) is 0 Å². The van der Waals surface area contributed by atoms with Gasteiger partial charge in [0.15, 0.2) is 0 Å². The molecule has 2 saturated heterocycles. The fourth-order valence-electron chi connectivity index (χ4n) is 1.74. The molecule has 0 radical (unpaired) electrons. The first-order valence-electron chi connectivity index (χ1n) is 4.13. The van der Waals surface area contributed by atoms with Crippen LogP contribution in [0.15, 0.2) is 0 Å². The number of rotatable bonds is 1. The number of carbonyl (C=O) groups is 1. The van der Waals surface area contributed by atoms with Crippen LogP contribution in [0.1, 0.15) is 6.42 Å². The Labute approximate surface area is 78.1 Å². The first-order chi connectivity index (χ1) is 5.38. The number of hydrogen-bond acceptors (Lipinski definition) is 2. The molecule has 0 spiro atoms. The van der Waals surface area contributed by atoms with Gasteiger partial charge >= 0.3 is 6.03 Å². The molecule has 5 heteroatoms. The molecule has 0 aromatic heterocycles. The van der Waals surface area contributed by atoms with Gasteiger partial charge in [-0.1, -0.05) is 0 Å². The van der Waals surface area contributed by atoms with E-state index in [9.17, 15) is 4.79 Å². The molecule has 0 aliphatic carbocycles. The van der Waals surface area contributed by atoms with Crippen LogP contribution >= 0.6 is 12.4 Å². The lowest BCUT2D eigenvalue weighted by Crippen LogP contribution is -2.39. The Hall–Kier alpha value is -0.480. The maximum Gasteiger partial charge on any atom is 0.317 e. The standard InChI is InChI=1S/C7H13N3O.ClH/c11-7-9-3-4-10(7)6-1-2-8-5-6;/h6,8H,1-5H2,(H,9,11);1H. The molecule has 2 heterocycles. The normalized spacial score (nSPS) is 28.5. The van der Waals surface area contributed by atoms with Gasteiger partial charge in [0.05, 0.1) is 0 Å². The van der Waals surface area contributed by atoms with E-state index in [0.29, 0.717) is 6.04 Å². The molecule has 0 aromatic carbocycles. The van der Waals surface area contributed by atoms with E-state index < -0.39 is 0 Å². The van der Waals surface area contributed by atoms with Crippen LogP contribution in [-0.4, -0.2) is 43.2 Å². The first-order valence-corrected chi connectivity index (χ1v) is 4.13. The molecular weight excluding hydrogens is 178 g/mol. The summed E-state index contributed by atoms with van der Waals surface area (Å²) in [6.07, 6.45) is 1.10. The summed E-state index contributed by atoms with van der Waals surface area (Å²) in [7, 11) is 0. The van der Waals surface area contributed by atoms with Gasteiger partial charge in [0.25, 0.3) is 0 Å². The van der Waals surface area contributed by atoms with Gasteiger partial charge in [0, 0.05) is 25.7 Å². The second kappa shape index (κ2) is 3.96. The minimum Gasteiger partial charge on any atom is -0.336 e. The second-order valence-electron chi connectivity index (χ2n) is 3.07. The molecule has 2 rings (SSSR count). The number of nitrogens with one attached hydrogen (secondary N) is 2. The third-order valence-corrected chi connectivity index (χ3v) is 2.36. The van der Waals surface area contributed by atoms with Gasteiger partial charge in [-0.05, 0) is 13.0 Å². The van der Waals surface area contributed by atoms with Crippen LogP contribution in [-0.2, 0) is 0 Å². The van der Waals surface area contributed by atoms with Crippen molar-refractivity contribution in [3.63, 3.8) is 0 Å². The minimum atomic E-state index is 0. The quantitative estimate of drug-likeness (QED) is 0.603. The summed E-state index contributed by atoms with van der Waals surface area (Å²) >= 11 is 0. The zero-order chi connectivity index (χ0) is 7.68. The molecule has 1 atom stereocenters. The van der Waals surface area contributed by atoms with Crippen molar-refractivity contribution < 1.29 is 4.79 Å². The van der Waals surface area contributed by atoms with Gasteiger partial charge in [0.2, 0.25) is 0 Å². The maximum absolute atomic E-state index is 11.1. The Kier molecular flexibility index (Phi) is 3.17. The number of halogens is 1. The lowest BCUT2D eigenvalue weighted by Gasteiger charge is -2.20. The molecule has 2 aliphatic rings. The zero-order valence-electron chi connectivity index (χ0n) is 6.88. The number of carbonyl (C=O) groups excluding carboxylic acids is 1. The first kappa shape index (κ1) is 9.61. The van der Waals surface area contributed by atoms with Crippen molar-refractivity contribution in [2.24, 2.45) is 0 Å². The Morgan fingerprint density at radius 1 is 1.42 bits per heavy atom. The highest BCUT2D eigenvalue weighted by Gasteiger charge is 2.29. The van der Waals surface area contributed by atoms with Crippen LogP contribution < -0.4 is 10.6 Å². The van der Waals surface area contributed by atoms with Crippen LogP contribution in [0, 0.1) is 0 Å². The van der Waals surface area contributed by atoms with Gasteiger partial charge in [-0.15, -0.1) is 12.4 Å². The maximum atomic E-state index is 11.1. The smallest absolute Gasteiger partial charge is 0.317 e. The van der Waals surface area contributed by atoms with E-state index in [-0.39, 0.29) is 18.4 Å². The summed E-state index contributed by atoms with van der Waals surface area (Å²) in [5.41, 5.74) is 0. The summed E-state index contributed by atoms with van der Waals surface area (Å²) in [5.74, 6) is 0. The topological polar surface area (TPSA) is 44.4 Å². The molecule has 0 saturated carbocycles. The average Bonchev–Trinajstić information content (AvgIpc) is 2.55. The van der Waals surface area contributed by atoms with Crippen molar-refractivity contribution in [1.29, 1.82) is 0 Å². The Balaban J connectivity index is 0.000000720. The van der Waals surface area contributed by atoms with Crippen LogP contribution in [0.5, 0.6) is 0 Å². The molecule has 0 bridgehead atoms. The van der Waals surface area contributed by atoms with E-state index in [0.717, 1.165) is 32.6 Å². The average molecular weight is 192 g/mol. The van der Waals surface area contributed by atoms with Gasteiger partial charge < -0.3 is 15.5 Å². The Morgan fingerprint density at radius 3 is 2.75 bits per heavy atom. The molecule has 2 amide bonds. The summed E-state index contributed by atoms with van der Waals surface area (Å²) in [6.45, 7) is 3.71. The van der Waals surface area contributed by atoms with E-state index in [4.69, 9.17) is 0 Å². The predicted octanol–water partition coefficient (Wildman–Crippen LogP) is -0.205. The lowest BCUT2D eigenvalue weighted by atomic mass is 10.2. The largest absolute Gasteiger partial charge is 0.336 e. The van der Waals surface area contributed by atoms with Gasteiger partial charge in [-0.25, -0.2) is 4.79 Å². The summed E-state index contributed by atoms with van der Waals surface area (Å²) in [6, 6.07) is 0.552. The third-order valence-electron chi connectivity index (χ3n) is 2.36. The number of urea groups is 1. The molecule has 0 aromatic rings. The molecule has 2 fully saturated rings. The minimum absolute atomic E-state index is 0. The molecule has 1 unspecified atom stereocenters. The predicted molar refractivity (Wildman–Crippen MR) is 48.6 cm³/mol. The summed E-state index contributed by atoms with van der Waals surface area (Å²) in [4.78, 5) is 13.1. The summed E-state index contributed by atoms with van der Waals surface area (Å²) < 4.78 is 0. The van der Waals surface area contributed by atoms with E-state index in [1.54, 1.807) is 0 Å². The second-order valence-corrected chi connectivity index (χ2v) is 3.07. The van der Waals surface area contributed by atoms with Crippen molar-refractivity contribution >= 4 is 18.4 Å². The molecule has 12 heavy (non-hydrogen) atoms. The lowest BCUT2D eigenvalue weighted by molar-refractivity contribution is 0.202. The highest BCUT2D eigenvalue weighted by atomic mass is 35.5. The highest BCUT2D eigenvalue weighted by molar-refractivity contribution is 5.85. The van der Waals surface area contributed by atoms with E-state index in [2.05, 4.69) is 10.6 Å². The highest BCUT2D eigenvalue weighted by Crippen LogP contribution is 2.10. The van der Waals surface area contributed by atoms with Gasteiger partial charge in [-0.2, -0.15) is 0 Å². The zero-order valence-corrected chi connectivity index (χ0v) is 7.69. The Bertz CT molecular complexity index is 170. The SMILES string of the molecule is Cl.O=C1NCCN1C1CCNC1. The van der Waals surface area contributed by atoms with Crippen molar-refractivity contribution in [3.05, 3.63) is 0 Å². The number of nitrogens with zero attached hydrogens (tertiary/aromatic N) is 1. The number of hydrogen-bond donors (Lipinski definition) is 2. The van der Waals surface area contributed by atoms with Gasteiger partial charge in [-0.3, -0.25) is 0 Å².